The van der Waals surface area contributed by atoms with Gasteiger partial charge in [0.05, 0.1) is 17.1 Å². The largest absolute Gasteiger partial charge is 0.354 e. The van der Waals surface area contributed by atoms with Crippen molar-refractivity contribution in [3.05, 3.63) is 40.4 Å². The Morgan fingerprint density at radius 3 is 2.65 bits per heavy atom. The third-order valence-corrected chi connectivity index (χ3v) is 5.72. The summed E-state index contributed by atoms with van der Waals surface area (Å²) in [4.78, 5) is 28.4. The van der Waals surface area contributed by atoms with E-state index in [0.29, 0.717) is 18.1 Å². The van der Waals surface area contributed by atoms with Crippen LogP contribution in [0.25, 0.3) is 10.6 Å². The van der Waals surface area contributed by atoms with Gasteiger partial charge in [0, 0.05) is 30.0 Å². The second-order valence-corrected chi connectivity index (χ2v) is 7.69. The van der Waals surface area contributed by atoms with Crippen molar-refractivity contribution >= 4 is 34.8 Å². The number of nitrogens with zero attached hydrogens (tertiary/aromatic N) is 1. The van der Waals surface area contributed by atoms with E-state index in [2.05, 4.69) is 15.6 Å². The first-order valence-corrected chi connectivity index (χ1v) is 10.1. The molecule has 0 atom stereocenters. The molecular weight excluding hydrogens is 370 g/mol. The standard InChI is InChI=1S/C19H22ClN3O2S/c20-16-8-4-3-7-15(16)19-23-14(12-26-19)11-17(24)21-9-10-22-18(25)13-5-1-2-6-13/h3-4,7-8,12-13H,1-2,5-6,9-11H2,(H,21,24)(H,22,25). The fraction of sp³-hybridized carbons (Fsp3) is 0.421. The summed E-state index contributed by atoms with van der Waals surface area (Å²) in [6.07, 6.45) is 4.46. The smallest absolute Gasteiger partial charge is 0.226 e. The number of hydrogen-bond acceptors (Lipinski definition) is 4. The third kappa shape index (κ3) is 5.05. The fourth-order valence-corrected chi connectivity index (χ4v) is 4.23. The summed E-state index contributed by atoms with van der Waals surface area (Å²) in [5.74, 6) is 0.167. The van der Waals surface area contributed by atoms with Crippen LogP contribution in [0.4, 0.5) is 0 Å². The van der Waals surface area contributed by atoms with Gasteiger partial charge in [0.25, 0.3) is 0 Å². The highest BCUT2D eigenvalue weighted by molar-refractivity contribution is 7.13. The van der Waals surface area contributed by atoms with Crippen LogP contribution in [-0.2, 0) is 16.0 Å². The topological polar surface area (TPSA) is 71.1 Å². The van der Waals surface area contributed by atoms with Crippen molar-refractivity contribution in [2.45, 2.75) is 32.1 Å². The Bertz CT molecular complexity index is 772. The lowest BCUT2D eigenvalue weighted by molar-refractivity contribution is -0.125. The first-order valence-electron chi connectivity index (χ1n) is 8.87. The van der Waals surface area contributed by atoms with Gasteiger partial charge in [-0.1, -0.05) is 42.6 Å². The third-order valence-electron chi connectivity index (χ3n) is 4.47. The first-order chi connectivity index (χ1) is 12.6. The van der Waals surface area contributed by atoms with Crippen LogP contribution >= 0.6 is 22.9 Å². The Kier molecular flexibility index (Phi) is 6.63. The van der Waals surface area contributed by atoms with E-state index < -0.39 is 0 Å². The van der Waals surface area contributed by atoms with Crippen molar-refractivity contribution in [3.8, 4) is 10.6 Å². The molecule has 1 aromatic carbocycles. The van der Waals surface area contributed by atoms with Crippen LogP contribution in [0.2, 0.25) is 5.02 Å². The average molecular weight is 392 g/mol. The Hall–Kier alpha value is -1.92. The normalized spacial score (nSPS) is 14.3. The predicted molar refractivity (Wildman–Crippen MR) is 104 cm³/mol. The highest BCUT2D eigenvalue weighted by Gasteiger charge is 2.21. The molecule has 2 N–H and O–H groups in total. The second kappa shape index (κ2) is 9.14. The fourth-order valence-electron chi connectivity index (χ4n) is 3.09. The Labute approximate surface area is 162 Å². The molecule has 1 aliphatic rings. The van der Waals surface area contributed by atoms with E-state index in [9.17, 15) is 9.59 Å². The molecule has 0 unspecified atom stereocenters. The molecule has 0 aliphatic heterocycles. The van der Waals surface area contributed by atoms with Crippen LogP contribution < -0.4 is 10.6 Å². The van der Waals surface area contributed by atoms with Gasteiger partial charge in [-0.3, -0.25) is 9.59 Å². The molecule has 0 bridgehead atoms. The Morgan fingerprint density at radius 2 is 1.88 bits per heavy atom. The second-order valence-electron chi connectivity index (χ2n) is 6.42. The van der Waals surface area contributed by atoms with Crippen LogP contribution in [0.1, 0.15) is 31.4 Å². The molecule has 3 rings (SSSR count). The number of thiazole rings is 1. The first kappa shape index (κ1) is 18.9. The van der Waals surface area contributed by atoms with Crippen LogP contribution in [0.5, 0.6) is 0 Å². The van der Waals surface area contributed by atoms with Crippen molar-refractivity contribution in [1.29, 1.82) is 0 Å². The number of halogens is 1. The van der Waals surface area contributed by atoms with Crippen LogP contribution in [-0.4, -0.2) is 29.9 Å². The molecule has 0 saturated heterocycles. The van der Waals surface area contributed by atoms with Gasteiger partial charge < -0.3 is 10.6 Å². The van der Waals surface area contributed by atoms with Crippen molar-refractivity contribution in [3.63, 3.8) is 0 Å². The molecule has 1 aromatic heterocycles. The molecule has 0 spiro atoms. The van der Waals surface area contributed by atoms with Crippen LogP contribution in [0.15, 0.2) is 29.6 Å². The summed E-state index contributed by atoms with van der Waals surface area (Å²) < 4.78 is 0. The van der Waals surface area contributed by atoms with Crippen molar-refractivity contribution in [1.82, 2.24) is 15.6 Å². The average Bonchev–Trinajstić information content (AvgIpc) is 3.31. The maximum atomic E-state index is 12.0. The van der Waals surface area contributed by atoms with Crippen molar-refractivity contribution in [2.24, 2.45) is 5.92 Å². The zero-order valence-corrected chi connectivity index (χ0v) is 16.0. The molecule has 26 heavy (non-hydrogen) atoms. The van der Waals surface area contributed by atoms with Gasteiger partial charge in [-0.05, 0) is 18.9 Å². The minimum absolute atomic E-state index is 0.101. The molecule has 138 valence electrons. The molecule has 1 heterocycles. The van der Waals surface area contributed by atoms with Gasteiger partial charge in [-0.25, -0.2) is 4.98 Å². The highest BCUT2D eigenvalue weighted by Crippen LogP contribution is 2.30. The Balaban J connectivity index is 1.41. The van der Waals surface area contributed by atoms with Crippen LogP contribution in [0, 0.1) is 5.92 Å². The maximum Gasteiger partial charge on any atom is 0.226 e. The van der Waals surface area contributed by atoms with Crippen molar-refractivity contribution < 1.29 is 9.59 Å². The van der Waals surface area contributed by atoms with E-state index in [0.717, 1.165) is 41.9 Å². The highest BCUT2D eigenvalue weighted by atomic mass is 35.5. The molecule has 1 aliphatic carbocycles. The van der Waals surface area contributed by atoms with Gasteiger partial charge in [0.2, 0.25) is 11.8 Å². The number of amides is 2. The number of aromatic nitrogens is 1. The van der Waals surface area contributed by atoms with E-state index >= 15 is 0 Å². The van der Waals surface area contributed by atoms with E-state index in [1.165, 1.54) is 11.3 Å². The van der Waals surface area contributed by atoms with E-state index in [-0.39, 0.29) is 24.2 Å². The molecule has 2 aromatic rings. The van der Waals surface area contributed by atoms with Gasteiger partial charge in [0.1, 0.15) is 5.01 Å². The monoisotopic (exact) mass is 391 g/mol. The number of benzene rings is 1. The minimum Gasteiger partial charge on any atom is -0.354 e. The summed E-state index contributed by atoms with van der Waals surface area (Å²) in [6.45, 7) is 0.891. The molecular formula is C19H22ClN3O2S. The molecule has 7 heteroatoms. The number of carbonyl (C=O) groups is 2. The summed E-state index contributed by atoms with van der Waals surface area (Å²) >= 11 is 7.66. The summed E-state index contributed by atoms with van der Waals surface area (Å²) in [5, 5.41) is 9.05. The van der Waals surface area contributed by atoms with Gasteiger partial charge >= 0.3 is 0 Å². The van der Waals surface area contributed by atoms with Gasteiger partial charge in [-0.2, -0.15) is 0 Å². The van der Waals surface area contributed by atoms with Crippen molar-refractivity contribution in [2.75, 3.05) is 13.1 Å². The zero-order valence-electron chi connectivity index (χ0n) is 14.5. The number of carbonyl (C=O) groups excluding carboxylic acids is 2. The molecule has 1 fully saturated rings. The van der Waals surface area contributed by atoms with Crippen LogP contribution in [0.3, 0.4) is 0 Å². The lowest BCUT2D eigenvalue weighted by Gasteiger charge is -2.10. The lowest BCUT2D eigenvalue weighted by atomic mass is 10.1. The van der Waals surface area contributed by atoms with Gasteiger partial charge in [0.15, 0.2) is 0 Å². The van der Waals surface area contributed by atoms with Gasteiger partial charge in [-0.15, -0.1) is 11.3 Å². The number of nitrogens with one attached hydrogen (secondary N) is 2. The van der Waals surface area contributed by atoms with E-state index in [1.54, 1.807) is 0 Å². The Morgan fingerprint density at radius 1 is 1.15 bits per heavy atom. The van der Waals surface area contributed by atoms with E-state index in [1.807, 2.05) is 29.6 Å². The number of hydrogen-bond donors (Lipinski definition) is 2. The summed E-state index contributed by atoms with van der Waals surface area (Å²) in [6, 6.07) is 7.52. The lowest BCUT2D eigenvalue weighted by Crippen LogP contribution is -2.37. The summed E-state index contributed by atoms with van der Waals surface area (Å²) in [7, 11) is 0. The summed E-state index contributed by atoms with van der Waals surface area (Å²) in [5.41, 5.74) is 1.60. The van der Waals surface area contributed by atoms with E-state index in [4.69, 9.17) is 11.6 Å². The SMILES string of the molecule is O=C(Cc1csc(-c2ccccc2Cl)n1)NCCNC(=O)C1CCCC1. The molecule has 0 radical (unpaired) electrons. The maximum absolute atomic E-state index is 12.0. The zero-order chi connectivity index (χ0) is 18.4. The molecule has 1 saturated carbocycles. The molecule has 5 nitrogen and oxygen atoms in total. The number of rotatable bonds is 7. The molecule has 2 amide bonds. The minimum atomic E-state index is -0.101. The quantitative estimate of drug-likeness (QED) is 0.710. The predicted octanol–water partition coefficient (Wildman–Crippen LogP) is 3.43.